The lowest BCUT2D eigenvalue weighted by Gasteiger charge is -2.01. The molecule has 0 radical (unpaired) electrons. The molecule has 1 aromatic rings. The molecule has 0 saturated carbocycles. The molecule has 0 aliphatic rings. The first-order chi connectivity index (χ1) is 6.09. The van der Waals surface area contributed by atoms with Gasteiger partial charge in [0.25, 0.3) is 0 Å². The van der Waals surface area contributed by atoms with Gasteiger partial charge < -0.3 is 0 Å². The van der Waals surface area contributed by atoms with E-state index in [2.05, 4.69) is 58.0 Å². The van der Waals surface area contributed by atoms with Crippen molar-refractivity contribution in [3.8, 4) is 0 Å². The maximum atomic E-state index is 2.23. The molecule has 0 bridgehead atoms. The molecular weight excluding hydrogens is 156 g/mol. The Bertz CT molecular complexity index is 306. The van der Waals surface area contributed by atoms with Gasteiger partial charge in [-0.2, -0.15) is 0 Å². The van der Waals surface area contributed by atoms with Crippen molar-refractivity contribution < 1.29 is 0 Å². The van der Waals surface area contributed by atoms with E-state index in [-0.39, 0.29) is 0 Å². The molecule has 0 atom stereocenters. The summed E-state index contributed by atoms with van der Waals surface area (Å²) in [5.74, 6) is 0.626. The van der Waals surface area contributed by atoms with Crippen LogP contribution in [0.1, 0.15) is 30.5 Å². The summed E-state index contributed by atoms with van der Waals surface area (Å²) in [6, 6.07) is 6.57. The molecule has 0 spiro atoms. The molecule has 1 aromatic carbocycles. The van der Waals surface area contributed by atoms with Crippen molar-refractivity contribution >= 4 is 6.08 Å². The average molecular weight is 174 g/mol. The van der Waals surface area contributed by atoms with Crippen molar-refractivity contribution in [2.45, 2.75) is 27.7 Å². The van der Waals surface area contributed by atoms with E-state index in [1.165, 1.54) is 16.7 Å². The fourth-order valence-corrected chi connectivity index (χ4v) is 1.17. The van der Waals surface area contributed by atoms with Crippen molar-refractivity contribution in [3.63, 3.8) is 0 Å². The highest BCUT2D eigenvalue weighted by atomic mass is 14.0. The lowest BCUT2D eigenvalue weighted by molar-refractivity contribution is 0.836. The third-order valence-electron chi connectivity index (χ3n) is 2.20. The van der Waals surface area contributed by atoms with Gasteiger partial charge in [-0.05, 0) is 36.5 Å². The zero-order valence-electron chi connectivity index (χ0n) is 8.96. The molecule has 0 fully saturated rings. The summed E-state index contributed by atoms with van der Waals surface area (Å²) in [5.41, 5.74) is 4.03. The topological polar surface area (TPSA) is 0 Å². The number of hydrogen-bond donors (Lipinski definition) is 0. The summed E-state index contributed by atoms with van der Waals surface area (Å²) >= 11 is 0. The van der Waals surface area contributed by atoms with Crippen LogP contribution in [0.15, 0.2) is 24.3 Å². The van der Waals surface area contributed by atoms with Gasteiger partial charge in [-0.25, -0.2) is 0 Å². The summed E-state index contributed by atoms with van der Waals surface area (Å²) in [5, 5.41) is 0. The third-order valence-corrected chi connectivity index (χ3v) is 2.20. The quantitative estimate of drug-likeness (QED) is 0.636. The number of benzene rings is 1. The minimum atomic E-state index is 0.626. The fourth-order valence-electron chi connectivity index (χ4n) is 1.17. The van der Waals surface area contributed by atoms with Crippen molar-refractivity contribution in [2.75, 3.05) is 0 Å². The smallest absolute Gasteiger partial charge is 0.0257 e. The molecule has 0 nitrogen and oxygen atoms in total. The van der Waals surface area contributed by atoms with Gasteiger partial charge in [-0.3, -0.25) is 0 Å². The molecule has 13 heavy (non-hydrogen) atoms. The summed E-state index contributed by atoms with van der Waals surface area (Å²) in [6.45, 7) is 8.68. The molecule has 0 amide bonds. The highest BCUT2D eigenvalue weighted by molar-refractivity contribution is 5.51. The molecule has 0 unspecified atom stereocenters. The summed E-state index contributed by atoms with van der Waals surface area (Å²) in [6.07, 6.45) is 4.42. The Labute approximate surface area is 81.3 Å². The number of rotatable bonds is 2. The molecule has 0 heteroatoms. The minimum absolute atomic E-state index is 0.626. The van der Waals surface area contributed by atoms with Gasteiger partial charge in [0.1, 0.15) is 0 Å². The SMILES string of the molecule is Cc1ccc(/C=C\C(C)C)cc1C. The lowest BCUT2D eigenvalue weighted by Crippen LogP contribution is -1.82. The predicted octanol–water partition coefficient (Wildman–Crippen LogP) is 3.97. The van der Waals surface area contributed by atoms with Crippen molar-refractivity contribution in [1.29, 1.82) is 0 Å². The molecule has 0 N–H and O–H groups in total. The van der Waals surface area contributed by atoms with Crippen molar-refractivity contribution in [3.05, 3.63) is 41.0 Å². The molecule has 1 rings (SSSR count). The van der Waals surface area contributed by atoms with E-state index < -0.39 is 0 Å². The zero-order chi connectivity index (χ0) is 9.84. The molecular formula is C13H18. The first-order valence-electron chi connectivity index (χ1n) is 4.85. The van der Waals surface area contributed by atoms with Crippen LogP contribution >= 0.6 is 0 Å². The highest BCUT2D eigenvalue weighted by Gasteiger charge is 1.92. The van der Waals surface area contributed by atoms with E-state index in [0.717, 1.165) is 0 Å². The van der Waals surface area contributed by atoms with Gasteiger partial charge >= 0.3 is 0 Å². The van der Waals surface area contributed by atoms with Crippen LogP contribution in [0.5, 0.6) is 0 Å². The zero-order valence-corrected chi connectivity index (χ0v) is 8.96. The largest absolute Gasteiger partial charge is 0.0814 e. The molecule has 0 saturated heterocycles. The van der Waals surface area contributed by atoms with E-state index in [9.17, 15) is 0 Å². The number of aryl methyl sites for hydroxylation is 2. The van der Waals surface area contributed by atoms with E-state index in [0.29, 0.717) is 5.92 Å². The summed E-state index contributed by atoms with van der Waals surface area (Å²) < 4.78 is 0. The fraction of sp³-hybridized carbons (Fsp3) is 0.385. The Morgan fingerprint density at radius 1 is 1.08 bits per heavy atom. The second-order valence-electron chi connectivity index (χ2n) is 3.95. The summed E-state index contributed by atoms with van der Waals surface area (Å²) in [4.78, 5) is 0. The molecule has 0 aromatic heterocycles. The van der Waals surface area contributed by atoms with Gasteiger partial charge in [0.2, 0.25) is 0 Å². The van der Waals surface area contributed by atoms with Crippen LogP contribution in [-0.4, -0.2) is 0 Å². The van der Waals surface area contributed by atoms with Gasteiger partial charge in [0.15, 0.2) is 0 Å². The first-order valence-corrected chi connectivity index (χ1v) is 4.85. The molecule has 70 valence electrons. The van der Waals surface area contributed by atoms with E-state index in [1.54, 1.807) is 0 Å². The maximum absolute atomic E-state index is 2.23. The van der Waals surface area contributed by atoms with Crippen LogP contribution in [0, 0.1) is 19.8 Å². The van der Waals surface area contributed by atoms with E-state index in [4.69, 9.17) is 0 Å². The number of hydrogen-bond acceptors (Lipinski definition) is 0. The van der Waals surface area contributed by atoms with Gasteiger partial charge in [0, 0.05) is 0 Å². The average Bonchev–Trinajstić information content (AvgIpc) is 2.07. The van der Waals surface area contributed by atoms with Gasteiger partial charge in [0.05, 0.1) is 0 Å². The van der Waals surface area contributed by atoms with Crippen LogP contribution in [0.25, 0.3) is 6.08 Å². The monoisotopic (exact) mass is 174 g/mol. The molecule has 0 aliphatic carbocycles. The molecule has 0 heterocycles. The van der Waals surface area contributed by atoms with Gasteiger partial charge in [-0.15, -0.1) is 0 Å². The Hall–Kier alpha value is -1.04. The van der Waals surface area contributed by atoms with Crippen LogP contribution < -0.4 is 0 Å². The van der Waals surface area contributed by atoms with Crippen LogP contribution in [0.4, 0.5) is 0 Å². The van der Waals surface area contributed by atoms with E-state index in [1.807, 2.05) is 0 Å². The second-order valence-corrected chi connectivity index (χ2v) is 3.95. The van der Waals surface area contributed by atoms with Crippen molar-refractivity contribution in [1.82, 2.24) is 0 Å². The standard InChI is InChI=1S/C13H18/c1-10(2)5-7-13-8-6-11(3)12(4)9-13/h5-10H,1-4H3/b7-5-. The van der Waals surface area contributed by atoms with Crippen molar-refractivity contribution in [2.24, 2.45) is 5.92 Å². The lowest BCUT2D eigenvalue weighted by atomic mass is 10.0. The normalized spacial score (nSPS) is 11.5. The Morgan fingerprint density at radius 3 is 2.31 bits per heavy atom. The third kappa shape index (κ3) is 3.06. The Morgan fingerprint density at radius 2 is 1.77 bits per heavy atom. The maximum Gasteiger partial charge on any atom is -0.0257 e. The van der Waals surface area contributed by atoms with Crippen LogP contribution in [-0.2, 0) is 0 Å². The summed E-state index contributed by atoms with van der Waals surface area (Å²) in [7, 11) is 0. The first kappa shape index (κ1) is 10.0. The minimum Gasteiger partial charge on any atom is -0.0814 e. The van der Waals surface area contributed by atoms with Gasteiger partial charge in [-0.1, -0.05) is 44.2 Å². The van der Waals surface area contributed by atoms with E-state index >= 15 is 0 Å². The van der Waals surface area contributed by atoms with Crippen LogP contribution in [0.3, 0.4) is 0 Å². The Kier molecular flexibility index (Phi) is 3.30. The number of allylic oxidation sites excluding steroid dienone is 1. The predicted molar refractivity (Wildman–Crippen MR) is 59.8 cm³/mol. The molecule has 0 aliphatic heterocycles. The Balaban J connectivity index is 2.85. The second kappa shape index (κ2) is 4.27. The van der Waals surface area contributed by atoms with Crippen LogP contribution in [0.2, 0.25) is 0 Å². The highest BCUT2D eigenvalue weighted by Crippen LogP contribution is 2.11.